The van der Waals surface area contributed by atoms with Crippen molar-refractivity contribution in [2.45, 2.75) is 19.4 Å². The molecule has 0 fully saturated rings. The normalized spacial score (nSPS) is 25.7. The van der Waals surface area contributed by atoms with E-state index in [4.69, 9.17) is 4.74 Å². The third kappa shape index (κ3) is 2.92. The lowest BCUT2D eigenvalue weighted by Crippen LogP contribution is -3.15. The van der Waals surface area contributed by atoms with Gasteiger partial charge in [-0.3, -0.25) is 4.90 Å². The van der Waals surface area contributed by atoms with Crippen molar-refractivity contribution in [3.63, 3.8) is 0 Å². The number of benzene rings is 1. The Morgan fingerprint density at radius 3 is 2.73 bits per heavy atom. The van der Waals surface area contributed by atoms with E-state index in [0.717, 1.165) is 43.2 Å². The molecule has 0 saturated carbocycles. The summed E-state index contributed by atoms with van der Waals surface area (Å²) in [4.78, 5) is 7.43. The van der Waals surface area contributed by atoms with Crippen molar-refractivity contribution in [1.82, 2.24) is 0 Å². The third-order valence-corrected chi connectivity index (χ3v) is 4.77. The van der Waals surface area contributed by atoms with Gasteiger partial charge in [-0.25, -0.2) is 0 Å². The molecule has 3 atom stereocenters. The van der Waals surface area contributed by atoms with Gasteiger partial charge in [0.1, 0.15) is 30.6 Å². The first-order chi connectivity index (χ1) is 10.6. The fourth-order valence-electron chi connectivity index (χ4n) is 3.29. The molecule has 0 radical (unpaired) electrons. The number of aliphatic hydroxyl groups excluding tert-OH is 1. The molecule has 3 unspecified atom stereocenters. The van der Waals surface area contributed by atoms with Gasteiger partial charge in [0, 0.05) is 6.92 Å². The van der Waals surface area contributed by atoms with Crippen LogP contribution in [0.2, 0.25) is 0 Å². The van der Waals surface area contributed by atoms with Crippen LogP contribution in [0.5, 0.6) is 5.75 Å². The van der Waals surface area contributed by atoms with Crippen LogP contribution in [0.1, 0.15) is 25.0 Å². The van der Waals surface area contributed by atoms with Gasteiger partial charge in [-0.15, -0.1) is 0 Å². The molecule has 0 spiro atoms. The van der Waals surface area contributed by atoms with E-state index in [1.54, 1.807) is 7.11 Å². The highest BCUT2D eigenvalue weighted by atomic mass is 16.5. The first-order valence-corrected chi connectivity index (χ1v) is 7.85. The lowest BCUT2D eigenvalue weighted by Gasteiger charge is -2.26. The van der Waals surface area contributed by atoms with Crippen LogP contribution < -0.4 is 14.5 Å². The van der Waals surface area contributed by atoms with Gasteiger partial charge in [-0.2, -0.15) is 4.99 Å². The molecule has 0 amide bonds. The van der Waals surface area contributed by atoms with E-state index < -0.39 is 6.10 Å². The molecule has 5 heteroatoms. The Bertz CT molecular complexity index is 607. The number of hydrogen-bond acceptors (Lipinski definition) is 3. The van der Waals surface area contributed by atoms with Crippen molar-refractivity contribution < 1.29 is 19.6 Å². The molecule has 0 aliphatic carbocycles. The van der Waals surface area contributed by atoms with Gasteiger partial charge in [0.25, 0.3) is 0 Å². The Morgan fingerprint density at radius 2 is 2.05 bits per heavy atom. The van der Waals surface area contributed by atoms with Gasteiger partial charge in [-0.1, -0.05) is 12.1 Å². The third-order valence-electron chi connectivity index (χ3n) is 4.77. The van der Waals surface area contributed by atoms with Gasteiger partial charge in [-0.05, 0) is 17.7 Å². The molecule has 1 aromatic carbocycles. The number of ether oxygens (including phenoxy) is 1. The topological polar surface area (TPSA) is 50.7 Å². The van der Waals surface area contributed by atoms with Crippen LogP contribution in [0.15, 0.2) is 40.7 Å². The van der Waals surface area contributed by atoms with Crippen molar-refractivity contribution in [2.75, 3.05) is 33.8 Å². The highest BCUT2D eigenvalue weighted by Gasteiger charge is 2.34. The SMILES string of the molecule is COc1ccc(C(O)C[NH+]2CCC3=C(C2)N=C(C)[NH+]3C)cc1. The van der Waals surface area contributed by atoms with Gasteiger partial charge in [0.05, 0.1) is 27.1 Å². The largest absolute Gasteiger partial charge is 0.497 e. The minimum atomic E-state index is -0.445. The lowest BCUT2D eigenvalue weighted by molar-refractivity contribution is -0.904. The lowest BCUT2D eigenvalue weighted by atomic mass is 10.1. The second kappa shape index (κ2) is 6.20. The molecule has 0 saturated heterocycles. The Kier molecular flexibility index (Phi) is 4.29. The van der Waals surface area contributed by atoms with Gasteiger partial charge in [0.15, 0.2) is 5.70 Å². The van der Waals surface area contributed by atoms with Crippen LogP contribution in [0.4, 0.5) is 0 Å². The summed E-state index contributed by atoms with van der Waals surface area (Å²) in [5, 5.41) is 10.5. The summed E-state index contributed by atoms with van der Waals surface area (Å²) in [5.74, 6) is 1.97. The van der Waals surface area contributed by atoms with Gasteiger partial charge >= 0.3 is 0 Å². The zero-order valence-electron chi connectivity index (χ0n) is 13.5. The Hall–Kier alpha value is -1.69. The van der Waals surface area contributed by atoms with Crippen molar-refractivity contribution in [3.8, 4) is 5.75 Å². The summed E-state index contributed by atoms with van der Waals surface area (Å²) < 4.78 is 5.16. The summed E-state index contributed by atoms with van der Waals surface area (Å²) in [6.07, 6.45) is 0.617. The first kappa shape index (κ1) is 15.2. The van der Waals surface area contributed by atoms with Crippen molar-refractivity contribution in [3.05, 3.63) is 41.2 Å². The van der Waals surface area contributed by atoms with Crippen LogP contribution in [0.3, 0.4) is 0 Å². The summed E-state index contributed by atoms with van der Waals surface area (Å²) in [6.45, 7) is 4.78. The maximum Gasteiger partial charge on any atom is 0.203 e. The van der Waals surface area contributed by atoms with Gasteiger partial charge < -0.3 is 14.7 Å². The first-order valence-electron chi connectivity index (χ1n) is 7.85. The number of methoxy groups -OCH3 is 1. The average molecular weight is 303 g/mol. The van der Waals surface area contributed by atoms with Crippen molar-refractivity contribution in [2.24, 2.45) is 4.99 Å². The van der Waals surface area contributed by atoms with E-state index in [1.807, 2.05) is 24.3 Å². The number of hydrogen-bond donors (Lipinski definition) is 3. The predicted molar refractivity (Wildman–Crippen MR) is 85.2 cm³/mol. The van der Waals surface area contributed by atoms with Crippen LogP contribution in [-0.2, 0) is 0 Å². The Morgan fingerprint density at radius 1 is 1.32 bits per heavy atom. The van der Waals surface area contributed by atoms with Crippen LogP contribution >= 0.6 is 0 Å². The molecule has 118 valence electrons. The van der Waals surface area contributed by atoms with E-state index in [1.165, 1.54) is 21.2 Å². The van der Waals surface area contributed by atoms with E-state index in [0.29, 0.717) is 0 Å². The number of rotatable bonds is 4. The second-order valence-electron chi connectivity index (χ2n) is 6.17. The minimum Gasteiger partial charge on any atom is -0.497 e. The number of aliphatic hydroxyl groups is 1. The Labute approximate surface area is 131 Å². The maximum atomic E-state index is 10.5. The van der Waals surface area contributed by atoms with Crippen molar-refractivity contribution in [1.29, 1.82) is 0 Å². The fraction of sp³-hybridized carbons (Fsp3) is 0.471. The molecule has 0 bridgehead atoms. The van der Waals surface area contributed by atoms with Crippen LogP contribution in [-0.4, -0.2) is 44.7 Å². The molecule has 0 aromatic heterocycles. The quantitative estimate of drug-likeness (QED) is 0.680. The van der Waals surface area contributed by atoms with E-state index in [-0.39, 0.29) is 0 Å². The zero-order valence-corrected chi connectivity index (χ0v) is 13.5. The summed E-state index contributed by atoms with van der Waals surface area (Å²) >= 11 is 0. The number of amidine groups is 1. The van der Waals surface area contributed by atoms with E-state index in [9.17, 15) is 5.11 Å². The molecule has 22 heavy (non-hydrogen) atoms. The Balaban J connectivity index is 1.63. The number of nitrogens with one attached hydrogen (secondary N) is 2. The smallest absolute Gasteiger partial charge is 0.203 e. The summed E-state index contributed by atoms with van der Waals surface area (Å²) in [7, 11) is 3.82. The number of aliphatic imine (C=N–C) groups is 1. The number of nitrogens with zero attached hydrogens (tertiary/aromatic N) is 1. The molecule has 3 rings (SSSR count). The zero-order chi connectivity index (χ0) is 15.7. The van der Waals surface area contributed by atoms with E-state index in [2.05, 4.69) is 19.0 Å². The molecule has 1 aromatic rings. The molecular formula is C17H25N3O2+2. The van der Waals surface area contributed by atoms with Crippen molar-refractivity contribution >= 4 is 5.84 Å². The summed E-state index contributed by atoms with van der Waals surface area (Å²) in [6, 6.07) is 7.67. The molecular weight excluding hydrogens is 278 g/mol. The second-order valence-corrected chi connectivity index (χ2v) is 6.17. The van der Waals surface area contributed by atoms with Crippen LogP contribution in [0, 0.1) is 0 Å². The molecule has 5 nitrogen and oxygen atoms in total. The minimum absolute atomic E-state index is 0.445. The molecule has 3 N–H and O–H groups in total. The summed E-state index contributed by atoms with van der Waals surface area (Å²) in [5.41, 5.74) is 3.60. The highest BCUT2D eigenvalue weighted by molar-refractivity contribution is 5.74. The molecule has 2 aliphatic heterocycles. The number of quaternary nitrogens is 2. The van der Waals surface area contributed by atoms with Gasteiger partial charge in [0.2, 0.25) is 5.84 Å². The highest BCUT2D eigenvalue weighted by Crippen LogP contribution is 2.17. The van der Waals surface area contributed by atoms with Crippen LogP contribution in [0.25, 0.3) is 0 Å². The fourth-order valence-corrected chi connectivity index (χ4v) is 3.29. The molecule has 2 heterocycles. The predicted octanol–water partition coefficient (Wildman–Crippen LogP) is -0.824. The average Bonchev–Trinajstić information content (AvgIpc) is 2.81. The molecule has 2 aliphatic rings. The van der Waals surface area contributed by atoms with E-state index >= 15 is 0 Å². The standard InChI is InChI=1S/C17H23N3O2/c1-12-18-15-10-20(9-8-16(15)19(12)2)11-17(21)13-4-6-14(22-3)7-5-13/h4-7,17,21H,8-11H2,1-3H3/p+2. The monoisotopic (exact) mass is 303 g/mol. The maximum absolute atomic E-state index is 10.5.